The number of hydrogen-bond acceptors (Lipinski definition) is 8. The van der Waals surface area contributed by atoms with Crippen LogP contribution in [0.3, 0.4) is 0 Å². The summed E-state index contributed by atoms with van der Waals surface area (Å²) in [6.45, 7) is 4.26. The van der Waals surface area contributed by atoms with Crippen LogP contribution in [0.5, 0.6) is 0 Å². The Labute approximate surface area is 193 Å². The molecule has 0 spiro atoms. The van der Waals surface area contributed by atoms with E-state index in [4.69, 9.17) is 4.74 Å². The first-order chi connectivity index (χ1) is 16.0. The van der Waals surface area contributed by atoms with Crippen LogP contribution < -0.4 is 10.2 Å². The summed E-state index contributed by atoms with van der Waals surface area (Å²) in [5, 5.41) is 21.4. The molecule has 3 amide bonds. The van der Waals surface area contributed by atoms with Crippen LogP contribution in [0.4, 0.5) is 19.9 Å². The van der Waals surface area contributed by atoms with Crippen molar-refractivity contribution >= 4 is 34.9 Å². The number of fused-ring (bicyclic) bond motifs is 1. The Bertz CT molecular complexity index is 1260. The number of aliphatic hydroxyl groups excluding tert-OH is 1. The van der Waals surface area contributed by atoms with Crippen LogP contribution >= 0.6 is 0 Å². The van der Waals surface area contributed by atoms with Gasteiger partial charge in [0.15, 0.2) is 0 Å². The van der Waals surface area contributed by atoms with Gasteiger partial charge in [0.25, 0.3) is 5.91 Å². The number of aromatic nitrogens is 3. The maximum atomic E-state index is 14.5. The Morgan fingerprint density at radius 1 is 1.06 bits per heavy atom. The number of carbonyl (C=O) groups excluding carboxylic acids is 2. The van der Waals surface area contributed by atoms with Crippen molar-refractivity contribution in [3.05, 3.63) is 59.3 Å². The molecule has 178 valence electrons. The van der Waals surface area contributed by atoms with E-state index in [9.17, 15) is 29.0 Å². The number of anilines is 1. The molecule has 12 heteroatoms. The van der Waals surface area contributed by atoms with E-state index >= 15 is 0 Å². The Kier molecular flexibility index (Phi) is 7.01. The molecule has 1 aromatic carbocycles. The van der Waals surface area contributed by atoms with Crippen molar-refractivity contribution in [2.75, 3.05) is 4.90 Å². The summed E-state index contributed by atoms with van der Waals surface area (Å²) < 4.78 is 19.6. The summed E-state index contributed by atoms with van der Waals surface area (Å²) in [5.41, 5.74) is -0.910. The van der Waals surface area contributed by atoms with E-state index in [1.54, 1.807) is 18.2 Å². The number of hydrogen-bond donors (Lipinski definition) is 3. The molecule has 0 saturated carbocycles. The van der Waals surface area contributed by atoms with E-state index in [1.165, 1.54) is 32.9 Å². The van der Waals surface area contributed by atoms with Gasteiger partial charge in [-0.3, -0.25) is 9.78 Å². The molecule has 34 heavy (non-hydrogen) atoms. The maximum Gasteiger partial charge on any atom is 0.427 e. The average Bonchev–Trinajstić information content (AvgIpc) is 2.76. The standard InChI is InChI=1S/C22H22FN5O6/c1-22(2,3)34-21(33)28(20(31)32)19-26-16-14(8-5-9-15(16)23)17(27-19)18(30)24-10-12-6-4-7-13(11-29)25-12/h4-9,29H,10-11H2,1-3H3,(H,24,30)(H,31,32). The van der Waals surface area contributed by atoms with Gasteiger partial charge in [-0.05, 0) is 39.0 Å². The lowest BCUT2D eigenvalue weighted by Crippen LogP contribution is -2.41. The molecule has 0 aliphatic heterocycles. The number of para-hydroxylation sites is 1. The van der Waals surface area contributed by atoms with Gasteiger partial charge >= 0.3 is 12.2 Å². The summed E-state index contributed by atoms with van der Waals surface area (Å²) in [5.74, 6) is -2.38. The van der Waals surface area contributed by atoms with Crippen LogP contribution in [0, 0.1) is 5.82 Å². The molecule has 11 nitrogen and oxygen atoms in total. The molecular weight excluding hydrogens is 449 g/mol. The number of imide groups is 1. The lowest BCUT2D eigenvalue weighted by molar-refractivity contribution is 0.0579. The number of benzene rings is 1. The molecule has 0 unspecified atom stereocenters. The van der Waals surface area contributed by atoms with Crippen molar-refractivity contribution in [1.29, 1.82) is 0 Å². The van der Waals surface area contributed by atoms with Crippen LogP contribution in [0.25, 0.3) is 10.9 Å². The molecule has 0 aliphatic carbocycles. The summed E-state index contributed by atoms with van der Waals surface area (Å²) in [6.07, 6.45) is -3.09. The number of ether oxygens (including phenoxy) is 1. The first kappa shape index (κ1) is 24.5. The summed E-state index contributed by atoms with van der Waals surface area (Å²) in [7, 11) is 0. The van der Waals surface area contributed by atoms with Gasteiger partial charge in [-0.2, -0.15) is 0 Å². The molecule has 0 aliphatic rings. The third kappa shape index (κ3) is 5.59. The zero-order valence-corrected chi connectivity index (χ0v) is 18.6. The minimum absolute atomic E-state index is 0.00726. The summed E-state index contributed by atoms with van der Waals surface area (Å²) in [4.78, 5) is 49.4. The molecule has 0 bridgehead atoms. The van der Waals surface area contributed by atoms with Crippen molar-refractivity contribution in [2.24, 2.45) is 0 Å². The first-order valence-electron chi connectivity index (χ1n) is 10.1. The van der Waals surface area contributed by atoms with Crippen molar-refractivity contribution in [3.8, 4) is 0 Å². The second-order valence-corrected chi connectivity index (χ2v) is 8.07. The van der Waals surface area contributed by atoms with E-state index in [1.807, 2.05) is 0 Å². The molecule has 0 saturated heterocycles. The van der Waals surface area contributed by atoms with Gasteiger partial charge in [-0.15, -0.1) is 4.90 Å². The Balaban J connectivity index is 2.03. The summed E-state index contributed by atoms with van der Waals surface area (Å²) in [6, 6.07) is 8.68. The van der Waals surface area contributed by atoms with Gasteiger partial charge in [-0.25, -0.2) is 23.9 Å². The van der Waals surface area contributed by atoms with Gasteiger partial charge in [0.2, 0.25) is 5.95 Å². The van der Waals surface area contributed by atoms with Crippen LogP contribution in [-0.2, 0) is 17.9 Å². The van der Waals surface area contributed by atoms with Gasteiger partial charge < -0.3 is 20.3 Å². The normalized spacial score (nSPS) is 11.2. The SMILES string of the molecule is CC(C)(C)OC(=O)N(C(=O)O)c1nc(C(=O)NCc2cccc(CO)n2)c2cccc(F)c2n1. The highest BCUT2D eigenvalue weighted by Gasteiger charge is 2.32. The molecule has 0 fully saturated rings. The lowest BCUT2D eigenvalue weighted by Gasteiger charge is -2.23. The number of halogens is 1. The summed E-state index contributed by atoms with van der Waals surface area (Å²) >= 11 is 0. The Morgan fingerprint density at radius 3 is 2.38 bits per heavy atom. The number of nitrogens with one attached hydrogen (secondary N) is 1. The molecular formula is C22H22FN5O6. The van der Waals surface area contributed by atoms with E-state index in [0.29, 0.717) is 11.4 Å². The fourth-order valence-electron chi connectivity index (χ4n) is 2.90. The largest absolute Gasteiger partial charge is 0.464 e. The molecule has 3 rings (SSSR count). The number of carbonyl (C=O) groups is 3. The van der Waals surface area contributed by atoms with Gasteiger partial charge in [0, 0.05) is 5.39 Å². The minimum atomic E-state index is -1.78. The van der Waals surface area contributed by atoms with Crippen LogP contribution in [-0.4, -0.2) is 48.9 Å². The average molecular weight is 471 g/mol. The van der Waals surface area contributed by atoms with Crippen LogP contribution in [0.1, 0.15) is 42.6 Å². The number of pyridine rings is 1. The molecule has 2 heterocycles. The Morgan fingerprint density at radius 2 is 1.74 bits per heavy atom. The van der Waals surface area contributed by atoms with E-state index in [2.05, 4.69) is 20.3 Å². The minimum Gasteiger partial charge on any atom is -0.464 e. The zero-order chi connectivity index (χ0) is 25.0. The van der Waals surface area contributed by atoms with Crippen LogP contribution in [0.2, 0.25) is 0 Å². The monoisotopic (exact) mass is 471 g/mol. The molecule has 0 radical (unpaired) electrons. The van der Waals surface area contributed by atoms with Gasteiger partial charge in [-0.1, -0.05) is 18.2 Å². The number of aliphatic hydroxyl groups is 1. The third-order valence-electron chi connectivity index (χ3n) is 4.30. The van der Waals surface area contributed by atoms with Crippen molar-refractivity contribution < 1.29 is 33.7 Å². The number of amides is 3. The molecule has 0 atom stereocenters. The fraction of sp³-hybridized carbons (Fsp3) is 0.273. The van der Waals surface area contributed by atoms with E-state index < -0.39 is 35.5 Å². The quantitative estimate of drug-likeness (QED) is 0.509. The fourth-order valence-corrected chi connectivity index (χ4v) is 2.90. The predicted molar refractivity (Wildman–Crippen MR) is 118 cm³/mol. The van der Waals surface area contributed by atoms with Crippen molar-refractivity contribution in [2.45, 2.75) is 39.5 Å². The third-order valence-corrected chi connectivity index (χ3v) is 4.30. The van der Waals surface area contributed by atoms with E-state index in [0.717, 1.165) is 6.07 Å². The number of rotatable bonds is 5. The van der Waals surface area contributed by atoms with E-state index in [-0.39, 0.29) is 34.6 Å². The van der Waals surface area contributed by atoms with Crippen LogP contribution in [0.15, 0.2) is 36.4 Å². The van der Waals surface area contributed by atoms with Crippen molar-refractivity contribution in [1.82, 2.24) is 20.3 Å². The number of nitrogens with zero attached hydrogens (tertiary/aromatic N) is 4. The molecule has 3 N–H and O–H groups in total. The highest BCUT2D eigenvalue weighted by Crippen LogP contribution is 2.24. The molecule has 2 aromatic heterocycles. The molecule has 3 aromatic rings. The van der Waals surface area contributed by atoms with Gasteiger partial charge in [0.1, 0.15) is 22.6 Å². The Hall–Kier alpha value is -4.19. The number of carboxylic acid groups (broad SMARTS) is 1. The predicted octanol–water partition coefficient (Wildman–Crippen LogP) is 3.01. The topological polar surface area (TPSA) is 155 Å². The highest BCUT2D eigenvalue weighted by molar-refractivity contribution is 6.09. The second-order valence-electron chi connectivity index (χ2n) is 8.07. The smallest absolute Gasteiger partial charge is 0.427 e. The lowest BCUT2D eigenvalue weighted by atomic mass is 10.1. The maximum absolute atomic E-state index is 14.5. The van der Waals surface area contributed by atoms with Gasteiger partial charge in [0.05, 0.1) is 24.5 Å². The first-order valence-corrected chi connectivity index (χ1v) is 10.1. The zero-order valence-electron chi connectivity index (χ0n) is 18.6. The highest BCUT2D eigenvalue weighted by atomic mass is 19.1. The second kappa shape index (κ2) is 9.75. The van der Waals surface area contributed by atoms with Crippen molar-refractivity contribution in [3.63, 3.8) is 0 Å².